The van der Waals surface area contributed by atoms with Crippen molar-refractivity contribution in [2.75, 3.05) is 92.5 Å². The number of rotatable bonds is 22. The molecule has 0 fully saturated rings. The molecule has 8 heteroatoms. The van der Waals surface area contributed by atoms with Gasteiger partial charge in [0, 0.05) is 24.0 Å². The van der Waals surface area contributed by atoms with E-state index in [-0.39, 0.29) is 0 Å². The Kier molecular flexibility index (Phi) is 16.1. The minimum atomic E-state index is 0.462. The van der Waals surface area contributed by atoms with Crippen LogP contribution in [0.4, 0.5) is 0 Å². The molecule has 192 valence electrons. The minimum Gasteiger partial charge on any atom is -0.491 e. The molecule has 2 aromatic carbocycles. The Morgan fingerprint density at radius 2 is 0.735 bits per heavy atom. The number of hydrogen-bond acceptors (Lipinski definition) is 8. The number of benzene rings is 2. The minimum absolute atomic E-state index is 0.462. The fraction of sp³-hybridized carbons (Fsp3) is 0.615. The van der Waals surface area contributed by atoms with Crippen molar-refractivity contribution in [1.82, 2.24) is 0 Å². The van der Waals surface area contributed by atoms with Crippen LogP contribution in [-0.2, 0) is 28.4 Å². The van der Waals surface area contributed by atoms with Crippen molar-refractivity contribution < 1.29 is 37.9 Å². The Bertz CT molecular complexity index is 691. The molecule has 2 aromatic rings. The van der Waals surface area contributed by atoms with Crippen molar-refractivity contribution in [3.05, 3.63) is 36.4 Å². The number of hydrogen-bond donors (Lipinski definition) is 0. The average Bonchev–Trinajstić information content (AvgIpc) is 2.86. The fourth-order valence-electron chi connectivity index (χ4n) is 3.09. The lowest BCUT2D eigenvalue weighted by Crippen LogP contribution is -2.13. The zero-order valence-corrected chi connectivity index (χ0v) is 20.6. The van der Waals surface area contributed by atoms with Crippen LogP contribution in [0, 0.1) is 0 Å². The van der Waals surface area contributed by atoms with E-state index in [4.69, 9.17) is 37.9 Å². The molecule has 0 heterocycles. The van der Waals surface area contributed by atoms with Crippen molar-refractivity contribution in [1.29, 1.82) is 0 Å². The summed E-state index contributed by atoms with van der Waals surface area (Å²) in [5.41, 5.74) is 0. The molecule has 0 saturated heterocycles. The third-order valence-corrected chi connectivity index (χ3v) is 4.71. The van der Waals surface area contributed by atoms with E-state index in [1.807, 2.05) is 50.2 Å². The normalized spacial score (nSPS) is 11.2. The highest BCUT2D eigenvalue weighted by Crippen LogP contribution is 2.32. The highest BCUT2D eigenvalue weighted by atomic mass is 16.6. The molecule has 0 aliphatic heterocycles. The van der Waals surface area contributed by atoms with Crippen LogP contribution in [0.5, 0.6) is 11.5 Å². The van der Waals surface area contributed by atoms with Gasteiger partial charge in [0.25, 0.3) is 0 Å². The van der Waals surface area contributed by atoms with Crippen LogP contribution in [0.1, 0.15) is 13.8 Å². The molecule has 0 bridgehead atoms. The Hall–Kier alpha value is -1.94. The average molecular weight is 481 g/mol. The van der Waals surface area contributed by atoms with Crippen molar-refractivity contribution in [2.45, 2.75) is 13.8 Å². The smallest absolute Gasteiger partial charge is 0.127 e. The highest BCUT2D eigenvalue weighted by molar-refractivity contribution is 5.93. The Morgan fingerprint density at radius 3 is 1.09 bits per heavy atom. The molecule has 34 heavy (non-hydrogen) atoms. The highest BCUT2D eigenvalue weighted by Gasteiger charge is 2.07. The maximum absolute atomic E-state index is 5.95. The SMILES string of the molecule is CCOCCOCCOCCOc1cccc2c(OCCOCCOCCOCC)cccc12. The van der Waals surface area contributed by atoms with Gasteiger partial charge in [0.05, 0.1) is 66.1 Å². The third kappa shape index (κ3) is 12.0. The van der Waals surface area contributed by atoms with Gasteiger partial charge in [-0.15, -0.1) is 0 Å². The van der Waals surface area contributed by atoms with Gasteiger partial charge in [0.15, 0.2) is 0 Å². The Morgan fingerprint density at radius 1 is 0.412 bits per heavy atom. The first-order chi connectivity index (χ1) is 16.9. The molecule has 0 unspecified atom stereocenters. The van der Waals surface area contributed by atoms with Crippen LogP contribution in [0.15, 0.2) is 36.4 Å². The lowest BCUT2D eigenvalue weighted by atomic mass is 10.1. The van der Waals surface area contributed by atoms with Crippen LogP contribution in [-0.4, -0.2) is 92.5 Å². The molecule has 0 aliphatic carbocycles. The van der Waals surface area contributed by atoms with E-state index in [0.29, 0.717) is 92.5 Å². The lowest BCUT2D eigenvalue weighted by molar-refractivity contribution is 0.0114. The molecule has 0 radical (unpaired) electrons. The van der Waals surface area contributed by atoms with Crippen LogP contribution in [0.2, 0.25) is 0 Å². The molecule has 0 aliphatic rings. The Labute approximate surface area is 203 Å². The maximum atomic E-state index is 5.95. The summed E-state index contributed by atoms with van der Waals surface area (Å²) in [6.07, 6.45) is 0. The van der Waals surface area contributed by atoms with Crippen molar-refractivity contribution in [3.8, 4) is 11.5 Å². The zero-order valence-electron chi connectivity index (χ0n) is 20.6. The van der Waals surface area contributed by atoms with Crippen LogP contribution in [0.25, 0.3) is 10.8 Å². The van der Waals surface area contributed by atoms with Crippen molar-refractivity contribution in [3.63, 3.8) is 0 Å². The van der Waals surface area contributed by atoms with Crippen LogP contribution < -0.4 is 9.47 Å². The molecule has 0 atom stereocenters. The summed E-state index contributed by atoms with van der Waals surface area (Å²) < 4.78 is 44.3. The van der Waals surface area contributed by atoms with E-state index in [1.54, 1.807) is 0 Å². The van der Waals surface area contributed by atoms with E-state index in [9.17, 15) is 0 Å². The molecule has 0 N–H and O–H groups in total. The second kappa shape index (κ2) is 19.4. The van der Waals surface area contributed by atoms with Gasteiger partial charge in [0.1, 0.15) is 24.7 Å². The van der Waals surface area contributed by atoms with Gasteiger partial charge in [-0.2, -0.15) is 0 Å². The summed E-state index contributed by atoms with van der Waals surface area (Å²) in [5, 5.41) is 2.01. The van der Waals surface area contributed by atoms with Crippen molar-refractivity contribution >= 4 is 10.8 Å². The van der Waals surface area contributed by atoms with E-state index in [0.717, 1.165) is 22.3 Å². The van der Waals surface area contributed by atoms with Gasteiger partial charge in [0.2, 0.25) is 0 Å². The summed E-state index contributed by atoms with van der Waals surface area (Å²) in [4.78, 5) is 0. The van der Waals surface area contributed by atoms with Crippen LogP contribution >= 0.6 is 0 Å². The summed E-state index contributed by atoms with van der Waals surface area (Å²) in [6.45, 7) is 11.8. The molecule has 0 aromatic heterocycles. The molecular formula is C26H40O8. The first-order valence-corrected chi connectivity index (χ1v) is 12.1. The first kappa shape index (κ1) is 28.3. The maximum Gasteiger partial charge on any atom is 0.127 e. The molecule has 0 saturated carbocycles. The van der Waals surface area contributed by atoms with Gasteiger partial charge < -0.3 is 37.9 Å². The third-order valence-electron chi connectivity index (χ3n) is 4.71. The largest absolute Gasteiger partial charge is 0.491 e. The topological polar surface area (TPSA) is 73.8 Å². The van der Waals surface area contributed by atoms with Gasteiger partial charge >= 0.3 is 0 Å². The lowest BCUT2D eigenvalue weighted by Gasteiger charge is -2.13. The van der Waals surface area contributed by atoms with Gasteiger partial charge in [-0.3, -0.25) is 0 Å². The second-order valence-electron chi connectivity index (χ2n) is 7.15. The molecule has 0 amide bonds. The molecule has 8 nitrogen and oxygen atoms in total. The summed E-state index contributed by atoms with van der Waals surface area (Å²) in [5.74, 6) is 1.61. The quantitative estimate of drug-likeness (QED) is 0.236. The summed E-state index contributed by atoms with van der Waals surface area (Å²) in [6, 6.07) is 11.9. The van der Waals surface area contributed by atoms with E-state index in [1.165, 1.54) is 0 Å². The Balaban J connectivity index is 1.64. The number of fused-ring (bicyclic) bond motifs is 1. The predicted molar refractivity (Wildman–Crippen MR) is 131 cm³/mol. The standard InChI is InChI=1S/C26H40O8/c1-3-27-11-13-29-15-17-31-19-21-33-25-9-5-8-24-23(25)7-6-10-26(24)34-22-20-32-18-16-30-14-12-28-4-2/h5-10H,3-4,11-22H2,1-2H3. The monoisotopic (exact) mass is 480 g/mol. The second-order valence-corrected chi connectivity index (χ2v) is 7.15. The molecule has 0 spiro atoms. The fourth-order valence-corrected chi connectivity index (χ4v) is 3.09. The van der Waals surface area contributed by atoms with Crippen LogP contribution in [0.3, 0.4) is 0 Å². The van der Waals surface area contributed by atoms with E-state index >= 15 is 0 Å². The first-order valence-electron chi connectivity index (χ1n) is 12.1. The van der Waals surface area contributed by atoms with Crippen molar-refractivity contribution in [2.24, 2.45) is 0 Å². The molecular weight excluding hydrogens is 440 g/mol. The van der Waals surface area contributed by atoms with Gasteiger partial charge in [-0.25, -0.2) is 0 Å². The van der Waals surface area contributed by atoms with E-state index < -0.39 is 0 Å². The summed E-state index contributed by atoms with van der Waals surface area (Å²) >= 11 is 0. The van der Waals surface area contributed by atoms with E-state index in [2.05, 4.69) is 0 Å². The summed E-state index contributed by atoms with van der Waals surface area (Å²) in [7, 11) is 0. The van der Waals surface area contributed by atoms with Gasteiger partial charge in [-0.05, 0) is 26.0 Å². The zero-order chi connectivity index (χ0) is 24.1. The predicted octanol–water partition coefficient (Wildman–Crippen LogP) is 3.74. The molecule has 2 rings (SSSR count). The number of ether oxygens (including phenoxy) is 8. The van der Waals surface area contributed by atoms with Gasteiger partial charge in [-0.1, -0.05) is 24.3 Å².